The average Bonchev–Trinajstić information content (AvgIpc) is 3.12. The van der Waals surface area contributed by atoms with Crippen LogP contribution in [0, 0.1) is 11.8 Å². The van der Waals surface area contributed by atoms with Gasteiger partial charge in [0.1, 0.15) is 22.6 Å². The van der Waals surface area contributed by atoms with Crippen molar-refractivity contribution < 1.29 is 26.7 Å². The SMILES string of the molecule is CN1C=CC(NCC#Cc2cc3c(NC4CCS(=O)(=O)CC4)cccc3n2CC(F)(F)F)=CC1O. The Morgan fingerprint density at radius 2 is 1.97 bits per heavy atom. The quantitative estimate of drug-likeness (QED) is 0.539. The molecule has 1 saturated heterocycles. The maximum absolute atomic E-state index is 13.4. The molecule has 0 saturated carbocycles. The molecule has 3 N–H and O–H groups in total. The lowest BCUT2D eigenvalue weighted by Crippen LogP contribution is -2.32. The average molecular weight is 509 g/mol. The molecule has 188 valence electrons. The van der Waals surface area contributed by atoms with Gasteiger partial charge in [0.25, 0.3) is 0 Å². The maximum Gasteiger partial charge on any atom is 0.406 e. The normalized spacial score (nSPS) is 20.3. The van der Waals surface area contributed by atoms with Crippen molar-refractivity contribution in [1.29, 1.82) is 0 Å². The Kier molecular flexibility index (Phi) is 7.05. The van der Waals surface area contributed by atoms with E-state index >= 15 is 0 Å². The summed E-state index contributed by atoms with van der Waals surface area (Å²) in [6, 6.07) is 6.65. The molecule has 4 rings (SSSR count). The monoisotopic (exact) mass is 508 g/mol. The number of nitrogens with one attached hydrogen (secondary N) is 2. The molecule has 0 spiro atoms. The lowest BCUT2D eigenvalue weighted by Gasteiger charge is -2.24. The molecular formula is C24H27F3N4O3S. The molecular weight excluding hydrogens is 481 g/mol. The molecule has 2 aliphatic rings. The Bertz CT molecular complexity index is 1310. The number of aliphatic hydroxyl groups excluding tert-OH is 1. The van der Waals surface area contributed by atoms with Gasteiger partial charge in [-0.2, -0.15) is 13.2 Å². The fourth-order valence-corrected chi connectivity index (χ4v) is 5.63. The number of likely N-dealkylation sites (N-methyl/N-ethyl adjacent to an activating group) is 1. The Labute approximate surface area is 202 Å². The van der Waals surface area contributed by atoms with E-state index in [2.05, 4.69) is 22.5 Å². The van der Waals surface area contributed by atoms with Crippen LogP contribution in [-0.4, -0.2) is 66.5 Å². The van der Waals surface area contributed by atoms with Crippen LogP contribution < -0.4 is 10.6 Å². The van der Waals surface area contributed by atoms with Gasteiger partial charge in [-0.15, -0.1) is 0 Å². The van der Waals surface area contributed by atoms with Crippen molar-refractivity contribution >= 4 is 26.4 Å². The standard InChI is InChI=1S/C24H27F3N4O3S/c1-30-11-7-18(14-23(30)32)28-10-3-4-19-15-20-21(29-17-8-12-35(33,34)13-9-17)5-2-6-22(20)31(19)16-24(25,26)27/h2,5-7,11,14-15,17,23,28-29,32H,8-10,12-13,16H2,1H3. The lowest BCUT2D eigenvalue weighted by atomic mass is 10.1. The van der Waals surface area contributed by atoms with Gasteiger partial charge in [0.2, 0.25) is 0 Å². The first-order chi connectivity index (χ1) is 16.5. The number of benzene rings is 1. The predicted molar refractivity (Wildman–Crippen MR) is 129 cm³/mol. The molecule has 2 aliphatic heterocycles. The summed E-state index contributed by atoms with van der Waals surface area (Å²) in [5.41, 5.74) is 1.95. The van der Waals surface area contributed by atoms with Crippen LogP contribution in [0.1, 0.15) is 18.5 Å². The number of fused-ring (bicyclic) bond motifs is 1. The van der Waals surface area contributed by atoms with Crippen molar-refractivity contribution in [1.82, 2.24) is 14.8 Å². The number of hydrogen-bond acceptors (Lipinski definition) is 6. The van der Waals surface area contributed by atoms with Gasteiger partial charge in [-0.25, -0.2) is 8.42 Å². The summed E-state index contributed by atoms with van der Waals surface area (Å²) in [6.45, 7) is -0.993. The van der Waals surface area contributed by atoms with Crippen molar-refractivity contribution in [3.8, 4) is 11.8 Å². The van der Waals surface area contributed by atoms with E-state index in [4.69, 9.17) is 0 Å². The maximum atomic E-state index is 13.4. The number of halogens is 3. The van der Waals surface area contributed by atoms with E-state index in [1.54, 1.807) is 54.6 Å². The van der Waals surface area contributed by atoms with Gasteiger partial charge in [0, 0.05) is 36.1 Å². The van der Waals surface area contributed by atoms with Crippen LogP contribution in [0.5, 0.6) is 0 Å². The van der Waals surface area contributed by atoms with Gasteiger partial charge >= 0.3 is 6.18 Å². The van der Waals surface area contributed by atoms with E-state index in [9.17, 15) is 26.7 Å². The zero-order valence-electron chi connectivity index (χ0n) is 19.1. The summed E-state index contributed by atoms with van der Waals surface area (Å²) in [4.78, 5) is 1.62. The Morgan fingerprint density at radius 3 is 2.66 bits per heavy atom. The van der Waals surface area contributed by atoms with E-state index < -0.39 is 28.8 Å². The number of aromatic nitrogens is 1. The van der Waals surface area contributed by atoms with Crippen LogP contribution in [0.25, 0.3) is 10.9 Å². The topological polar surface area (TPSA) is 86.6 Å². The van der Waals surface area contributed by atoms with Gasteiger partial charge in [0.15, 0.2) is 0 Å². The molecule has 1 aromatic heterocycles. The second-order valence-electron chi connectivity index (χ2n) is 8.71. The van der Waals surface area contributed by atoms with Gasteiger partial charge < -0.3 is 25.2 Å². The number of anilines is 1. The Hall–Kier alpha value is -3.10. The fourth-order valence-electron chi connectivity index (χ4n) is 4.14. The van der Waals surface area contributed by atoms with Crippen molar-refractivity contribution in [2.45, 2.75) is 37.8 Å². The molecule has 2 aromatic rings. The number of allylic oxidation sites excluding steroid dienone is 1. The first kappa shape index (κ1) is 25.0. The fraction of sp³-hybridized carbons (Fsp3) is 0.417. The van der Waals surface area contributed by atoms with E-state index in [1.807, 2.05) is 0 Å². The van der Waals surface area contributed by atoms with Crippen LogP contribution in [0.2, 0.25) is 0 Å². The van der Waals surface area contributed by atoms with Crippen LogP contribution in [0.3, 0.4) is 0 Å². The van der Waals surface area contributed by atoms with Crippen LogP contribution >= 0.6 is 0 Å². The molecule has 1 unspecified atom stereocenters. The molecule has 11 heteroatoms. The van der Waals surface area contributed by atoms with Crippen LogP contribution in [0.4, 0.5) is 18.9 Å². The summed E-state index contributed by atoms with van der Waals surface area (Å²) in [7, 11) is -1.29. The van der Waals surface area contributed by atoms with Crippen molar-refractivity contribution in [3.05, 3.63) is 54.0 Å². The van der Waals surface area contributed by atoms with Gasteiger partial charge in [-0.1, -0.05) is 12.0 Å². The zero-order valence-corrected chi connectivity index (χ0v) is 20.0. The van der Waals surface area contributed by atoms with Gasteiger partial charge in [-0.05, 0) is 49.1 Å². The summed E-state index contributed by atoms with van der Waals surface area (Å²) in [5.74, 6) is 5.90. The summed E-state index contributed by atoms with van der Waals surface area (Å²) in [5, 5.41) is 16.8. The van der Waals surface area contributed by atoms with Crippen molar-refractivity contribution in [2.24, 2.45) is 0 Å². The number of sulfone groups is 1. The molecule has 1 atom stereocenters. The van der Waals surface area contributed by atoms with Gasteiger partial charge in [0.05, 0.1) is 29.3 Å². The minimum absolute atomic E-state index is 0.0694. The van der Waals surface area contributed by atoms with Crippen molar-refractivity contribution in [2.75, 3.05) is 30.4 Å². The van der Waals surface area contributed by atoms with Crippen molar-refractivity contribution in [3.63, 3.8) is 0 Å². The number of hydrogen-bond donors (Lipinski definition) is 3. The zero-order chi connectivity index (χ0) is 25.2. The predicted octanol–water partition coefficient (Wildman–Crippen LogP) is 2.80. The second-order valence-corrected chi connectivity index (χ2v) is 11.0. The molecule has 0 radical (unpaired) electrons. The number of alkyl halides is 3. The third-order valence-electron chi connectivity index (χ3n) is 6.03. The molecule has 0 aliphatic carbocycles. The van der Waals surface area contributed by atoms with E-state index in [0.29, 0.717) is 35.1 Å². The van der Waals surface area contributed by atoms with E-state index in [1.165, 1.54) is 0 Å². The molecule has 1 fully saturated rings. The third-order valence-corrected chi connectivity index (χ3v) is 7.75. The van der Waals surface area contributed by atoms with Crippen LogP contribution in [-0.2, 0) is 16.4 Å². The number of rotatable bonds is 5. The lowest BCUT2D eigenvalue weighted by molar-refractivity contribution is -0.140. The molecule has 3 heterocycles. The number of nitrogens with zero attached hydrogens (tertiary/aromatic N) is 2. The molecule has 1 aromatic carbocycles. The highest BCUT2D eigenvalue weighted by atomic mass is 32.2. The smallest absolute Gasteiger partial charge is 0.382 e. The summed E-state index contributed by atoms with van der Waals surface area (Å²) < 4.78 is 64.7. The third kappa shape index (κ3) is 6.32. The molecule has 35 heavy (non-hydrogen) atoms. The first-order valence-electron chi connectivity index (χ1n) is 11.2. The molecule has 7 nitrogen and oxygen atoms in total. The summed E-state index contributed by atoms with van der Waals surface area (Å²) in [6.07, 6.45) is 0.796. The van der Waals surface area contributed by atoms with E-state index in [0.717, 1.165) is 4.57 Å². The first-order valence-corrected chi connectivity index (χ1v) is 13.0. The Morgan fingerprint density at radius 1 is 1.23 bits per heavy atom. The largest absolute Gasteiger partial charge is 0.406 e. The summed E-state index contributed by atoms with van der Waals surface area (Å²) >= 11 is 0. The Balaban J connectivity index is 1.57. The van der Waals surface area contributed by atoms with Crippen LogP contribution in [0.15, 0.2) is 48.3 Å². The molecule has 0 bridgehead atoms. The highest BCUT2D eigenvalue weighted by Crippen LogP contribution is 2.31. The minimum Gasteiger partial charge on any atom is -0.382 e. The minimum atomic E-state index is -4.43. The second kappa shape index (κ2) is 9.87. The van der Waals surface area contributed by atoms with E-state index in [-0.39, 0.29) is 29.8 Å². The highest BCUT2D eigenvalue weighted by Gasteiger charge is 2.30. The molecule has 0 amide bonds. The van der Waals surface area contributed by atoms with Gasteiger partial charge in [-0.3, -0.25) is 0 Å². The number of aliphatic hydroxyl groups is 1. The highest BCUT2D eigenvalue weighted by molar-refractivity contribution is 7.91.